The highest BCUT2D eigenvalue weighted by Gasteiger charge is 2.16. The van der Waals surface area contributed by atoms with Gasteiger partial charge in [0.1, 0.15) is 17.3 Å². The number of aromatic carboxylic acids is 1. The molecule has 0 aliphatic heterocycles. The average Bonchev–Trinajstić information content (AvgIpc) is 2.72. The van der Waals surface area contributed by atoms with Gasteiger partial charge < -0.3 is 14.8 Å². The normalized spacial score (nSPS) is 10.2. The van der Waals surface area contributed by atoms with Gasteiger partial charge >= 0.3 is 5.97 Å². The van der Waals surface area contributed by atoms with Gasteiger partial charge in [0.25, 0.3) is 0 Å². The summed E-state index contributed by atoms with van der Waals surface area (Å²) in [5.41, 5.74) is 1.29. The van der Waals surface area contributed by atoms with Crippen LogP contribution in [0.3, 0.4) is 0 Å². The molecule has 5 heteroatoms. The molecule has 1 aromatic heterocycles. The summed E-state index contributed by atoms with van der Waals surface area (Å²) in [6.07, 6.45) is 0. The fraction of sp³-hybridized carbons (Fsp3) is 0.167. The number of aromatic amines is 1. The van der Waals surface area contributed by atoms with Crippen molar-refractivity contribution in [2.75, 3.05) is 7.11 Å². The first kappa shape index (κ1) is 11.2. The van der Waals surface area contributed by atoms with Gasteiger partial charge in [-0.1, -0.05) is 0 Å². The van der Waals surface area contributed by atoms with E-state index in [9.17, 15) is 4.79 Å². The summed E-state index contributed by atoms with van der Waals surface area (Å²) < 4.78 is 5.04. The molecule has 2 N–H and O–H groups in total. The molecule has 2 aromatic rings. The first-order chi connectivity index (χ1) is 8.11. The Hall–Kier alpha value is -2.30. The third-order valence-electron chi connectivity index (χ3n) is 2.40. The number of carboxylic acid groups (broad SMARTS) is 1. The van der Waals surface area contributed by atoms with E-state index in [4.69, 9.17) is 9.84 Å². The van der Waals surface area contributed by atoms with Gasteiger partial charge in [0.15, 0.2) is 5.69 Å². The maximum absolute atomic E-state index is 11.0. The number of H-pyrrole nitrogens is 1. The van der Waals surface area contributed by atoms with Crippen LogP contribution < -0.4 is 4.74 Å². The molecule has 0 aliphatic carbocycles. The molecule has 2 rings (SSSR count). The molecule has 1 heterocycles. The highest BCUT2D eigenvalue weighted by Crippen LogP contribution is 2.24. The van der Waals surface area contributed by atoms with E-state index in [0.29, 0.717) is 11.5 Å². The van der Waals surface area contributed by atoms with Crippen LogP contribution >= 0.6 is 0 Å². The van der Waals surface area contributed by atoms with E-state index in [1.165, 1.54) is 0 Å². The SMILES string of the molecule is COc1ccc(-c2nc(C)[nH]c2C(=O)O)cc1. The van der Waals surface area contributed by atoms with Gasteiger partial charge in [-0.05, 0) is 31.2 Å². The van der Waals surface area contributed by atoms with Crippen molar-refractivity contribution in [2.24, 2.45) is 0 Å². The number of aryl methyl sites for hydroxylation is 1. The van der Waals surface area contributed by atoms with Crippen LogP contribution in [-0.4, -0.2) is 28.2 Å². The van der Waals surface area contributed by atoms with Crippen molar-refractivity contribution in [1.29, 1.82) is 0 Å². The van der Waals surface area contributed by atoms with Gasteiger partial charge in [-0.15, -0.1) is 0 Å². The second kappa shape index (κ2) is 4.29. The predicted molar refractivity (Wildman–Crippen MR) is 62.3 cm³/mol. The molecular formula is C12H12N2O3. The molecule has 0 bridgehead atoms. The van der Waals surface area contributed by atoms with Crippen LogP contribution in [0.1, 0.15) is 16.3 Å². The highest BCUT2D eigenvalue weighted by atomic mass is 16.5. The molecule has 0 atom stereocenters. The summed E-state index contributed by atoms with van der Waals surface area (Å²) in [5, 5.41) is 9.05. The van der Waals surface area contributed by atoms with Crippen molar-refractivity contribution in [1.82, 2.24) is 9.97 Å². The first-order valence-corrected chi connectivity index (χ1v) is 5.06. The third-order valence-corrected chi connectivity index (χ3v) is 2.40. The number of benzene rings is 1. The minimum atomic E-state index is -1.02. The van der Waals surface area contributed by atoms with Gasteiger partial charge in [-0.25, -0.2) is 9.78 Å². The van der Waals surface area contributed by atoms with E-state index in [-0.39, 0.29) is 5.69 Å². The van der Waals surface area contributed by atoms with Crippen LogP contribution in [0.15, 0.2) is 24.3 Å². The van der Waals surface area contributed by atoms with E-state index < -0.39 is 5.97 Å². The van der Waals surface area contributed by atoms with Crippen molar-refractivity contribution >= 4 is 5.97 Å². The number of aromatic nitrogens is 2. The highest BCUT2D eigenvalue weighted by molar-refractivity contribution is 5.92. The van der Waals surface area contributed by atoms with E-state index in [1.54, 1.807) is 38.3 Å². The Labute approximate surface area is 98.1 Å². The maximum Gasteiger partial charge on any atom is 0.354 e. The Balaban J connectivity index is 2.48. The summed E-state index contributed by atoms with van der Waals surface area (Å²) in [4.78, 5) is 17.9. The molecule has 0 aliphatic rings. The van der Waals surface area contributed by atoms with E-state index >= 15 is 0 Å². The fourth-order valence-corrected chi connectivity index (χ4v) is 1.60. The fourth-order valence-electron chi connectivity index (χ4n) is 1.60. The van der Waals surface area contributed by atoms with E-state index in [2.05, 4.69) is 9.97 Å². The number of nitrogens with zero attached hydrogens (tertiary/aromatic N) is 1. The smallest absolute Gasteiger partial charge is 0.354 e. The Morgan fingerprint density at radius 2 is 2.00 bits per heavy atom. The molecule has 0 spiro atoms. The number of ether oxygens (including phenoxy) is 1. The molecule has 0 saturated heterocycles. The standard InChI is InChI=1S/C12H12N2O3/c1-7-13-10(11(14-7)12(15)16)8-3-5-9(17-2)6-4-8/h3-6H,1-2H3,(H,13,14)(H,15,16). The maximum atomic E-state index is 11.0. The van der Waals surface area contributed by atoms with E-state index in [0.717, 1.165) is 11.3 Å². The molecule has 0 amide bonds. The Morgan fingerprint density at radius 1 is 1.35 bits per heavy atom. The lowest BCUT2D eigenvalue weighted by atomic mass is 10.1. The minimum absolute atomic E-state index is 0.104. The topological polar surface area (TPSA) is 75.2 Å². The molecule has 88 valence electrons. The minimum Gasteiger partial charge on any atom is -0.497 e. The van der Waals surface area contributed by atoms with Gasteiger partial charge in [-0.3, -0.25) is 0 Å². The quantitative estimate of drug-likeness (QED) is 0.849. The predicted octanol–water partition coefficient (Wildman–Crippen LogP) is 2.09. The van der Waals surface area contributed by atoms with Crippen LogP contribution in [0, 0.1) is 6.92 Å². The Bertz CT molecular complexity index is 543. The molecule has 5 nitrogen and oxygen atoms in total. The summed E-state index contributed by atoms with van der Waals surface area (Å²) in [5.74, 6) is 0.280. The summed E-state index contributed by atoms with van der Waals surface area (Å²) >= 11 is 0. The molecular weight excluding hydrogens is 220 g/mol. The molecule has 17 heavy (non-hydrogen) atoms. The molecule has 0 radical (unpaired) electrons. The first-order valence-electron chi connectivity index (χ1n) is 5.06. The average molecular weight is 232 g/mol. The number of hydrogen-bond acceptors (Lipinski definition) is 3. The lowest BCUT2D eigenvalue weighted by Gasteiger charge is -2.01. The summed E-state index contributed by atoms with van der Waals surface area (Å²) in [7, 11) is 1.58. The van der Waals surface area contributed by atoms with Crippen LogP contribution in [0.2, 0.25) is 0 Å². The van der Waals surface area contributed by atoms with Gasteiger partial charge in [0.2, 0.25) is 0 Å². The number of imidazole rings is 1. The summed E-state index contributed by atoms with van der Waals surface area (Å²) in [6.45, 7) is 1.72. The number of nitrogens with one attached hydrogen (secondary N) is 1. The third kappa shape index (κ3) is 2.13. The summed E-state index contributed by atoms with van der Waals surface area (Å²) in [6, 6.07) is 7.09. The zero-order valence-electron chi connectivity index (χ0n) is 9.52. The van der Waals surface area contributed by atoms with Crippen LogP contribution in [-0.2, 0) is 0 Å². The van der Waals surface area contributed by atoms with Crippen molar-refractivity contribution in [3.8, 4) is 17.0 Å². The molecule has 0 unspecified atom stereocenters. The second-order valence-corrected chi connectivity index (χ2v) is 3.58. The number of hydrogen-bond donors (Lipinski definition) is 2. The number of rotatable bonds is 3. The lowest BCUT2D eigenvalue weighted by molar-refractivity contribution is 0.0692. The number of carboxylic acids is 1. The van der Waals surface area contributed by atoms with Crippen molar-refractivity contribution < 1.29 is 14.6 Å². The van der Waals surface area contributed by atoms with Gasteiger partial charge in [-0.2, -0.15) is 0 Å². The largest absolute Gasteiger partial charge is 0.497 e. The molecule has 0 fully saturated rings. The number of carbonyl (C=O) groups is 1. The van der Waals surface area contributed by atoms with Gasteiger partial charge in [0, 0.05) is 5.56 Å². The van der Waals surface area contributed by atoms with Crippen LogP contribution in [0.25, 0.3) is 11.3 Å². The second-order valence-electron chi connectivity index (χ2n) is 3.58. The van der Waals surface area contributed by atoms with Crippen molar-refractivity contribution in [3.05, 3.63) is 35.8 Å². The Kier molecular flexibility index (Phi) is 2.82. The monoisotopic (exact) mass is 232 g/mol. The van der Waals surface area contributed by atoms with Crippen molar-refractivity contribution in [3.63, 3.8) is 0 Å². The number of methoxy groups -OCH3 is 1. The van der Waals surface area contributed by atoms with Crippen LogP contribution in [0.5, 0.6) is 5.75 Å². The van der Waals surface area contributed by atoms with E-state index in [1.807, 2.05) is 0 Å². The van der Waals surface area contributed by atoms with Crippen LogP contribution in [0.4, 0.5) is 0 Å². The lowest BCUT2D eigenvalue weighted by Crippen LogP contribution is -1.99. The zero-order chi connectivity index (χ0) is 12.4. The molecule has 1 aromatic carbocycles. The molecule has 0 saturated carbocycles. The van der Waals surface area contributed by atoms with Gasteiger partial charge in [0.05, 0.1) is 7.11 Å². The Morgan fingerprint density at radius 3 is 2.53 bits per heavy atom. The van der Waals surface area contributed by atoms with Crippen molar-refractivity contribution in [2.45, 2.75) is 6.92 Å². The zero-order valence-corrected chi connectivity index (χ0v) is 9.52.